The molecule has 0 saturated carbocycles. The molecule has 70 valence electrons. The van der Waals surface area contributed by atoms with E-state index >= 15 is 0 Å². The van der Waals surface area contributed by atoms with E-state index in [-0.39, 0.29) is 12.5 Å². The highest BCUT2D eigenvalue weighted by Crippen LogP contribution is 2.15. The summed E-state index contributed by atoms with van der Waals surface area (Å²) in [6, 6.07) is 7.17. The standard InChI is InChI=1S/C8H9BrN2O2/c9-6-1-3-7(4-2-6)13-5-8(12)11-10/h1-4H,5,10H2,(H,11,12). The lowest BCUT2D eigenvalue weighted by Crippen LogP contribution is -2.34. The van der Waals surface area contributed by atoms with Gasteiger partial charge in [-0.05, 0) is 24.3 Å². The summed E-state index contributed by atoms with van der Waals surface area (Å²) in [5, 5.41) is 0. The van der Waals surface area contributed by atoms with Crippen LogP contribution in [0.1, 0.15) is 0 Å². The number of carbonyl (C=O) groups is 1. The zero-order valence-electron chi connectivity index (χ0n) is 6.79. The maximum atomic E-state index is 10.7. The van der Waals surface area contributed by atoms with E-state index in [1.165, 1.54) is 0 Å². The van der Waals surface area contributed by atoms with Crippen molar-refractivity contribution < 1.29 is 9.53 Å². The van der Waals surface area contributed by atoms with Gasteiger partial charge in [-0.15, -0.1) is 0 Å². The van der Waals surface area contributed by atoms with Gasteiger partial charge in [-0.25, -0.2) is 5.84 Å². The third kappa shape index (κ3) is 3.43. The van der Waals surface area contributed by atoms with E-state index in [2.05, 4.69) is 15.9 Å². The van der Waals surface area contributed by atoms with Crippen LogP contribution in [0.15, 0.2) is 28.7 Å². The van der Waals surface area contributed by atoms with Crippen molar-refractivity contribution in [1.29, 1.82) is 0 Å². The van der Waals surface area contributed by atoms with E-state index < -0.39 is 0 Å². The number of hydrogen-bond donors (Lipinski definition) is 2. The van der Waals surface area contributed by atoms with E-state index in [9.17, 15) is 4.79 Å². The van der Waals surface area contributed by atoms with Gasteiger partial charge >= 0.3 is 0 Å². The first-order chi connectivity index (χ1) is 6.22. The van der Waals surface area contributed by atoms with Crippen LogP contribution in [0.5, 0.6) is 5.75 Å². The quantitative estimate of drug-likeness (QED) is 0.470. The smallest absolute Gasteiger partial charge is 0.271 e. The maximum Gasteiger partial charge on any atom is 0.271 e. The van der Waals surface area contributed by atoms with Crippen LogP contribution in [0.4, 0.5) is 0 Å². The summed E-state index contributed by atoms with van der Waals surface area (Å²) < 4.78 is 6.06. The minimum Gasteiger partial charge on any atom is -0.484 e. The summed E-state index contributed by atoms with van der Waals surface area (Å²) in [5.41, 5.74) is 1.97. The molecule has 0 atom stereocenters. The van der Waals surface area contributed by atoms with E-state index in [0.29, 0.717) is 5.75 Å². The molecule has 1 aromatic carbocycles. The fourth-order valence-corrected chi connectivity index (χ4v) is 0.986. The molecule has 0 aliphatic rings. The molecule has 1 rings (SSSR count). The largest absolute Gasteiger partial charge is 0.484 e. The summed E-state index contributed by atoms with van der Waals surface area (Å²) in [7, 11) is 0. The van der Waals surface area contributed by atoms with E-state index in [1.807, 2.05) is 17.6 Å². The Kier molecular flexibility index (Phi) is 3.72. The molecule has 0 spiro atoms. The number of nitrogens with two attached hydrogens (primary N) is 1. The first kappa shape index (κ1) is 10.0. The van der Waals surface area contributed by atoms with Crippen molar-refractivity contribution in [1.82, 2.24) is 5.43 Å². The SMILES string of the molecule is NNC(=O)COc1ccc(Br)cc1. The molecule has 0 unspecified atom stereocenters. The number of amides is 1. The molecule has 0 fully saturated rings. The molecule has 0 aliphatic heterocycles. The Morgan fingerprint density at radius 3 is 2.62 bits per heavy atom. The van der Waals surface area contributed by atoms with Gasteiger partial charge in [-0.2, -0.15) is 0 Å². The lowest BCUT2D eigenvalue weighted by molar-refractivity contribution is -0.123. The Morgan fingerprint density at radius 2 is 2.08 bits per heavy atom. The van der Waals surface area contributed by atoms with Crippen LogP contribution in [0, 0.1) is 0 Å². The third-order valence-corrected chi connectivity index (χ3v) is 1.87. The molecular formula is C8H9BrN2O2. The van der Waals surface area contributed by atoms with Crippen molar-refractivity contribution in [3.05, 3.63) is 28.7 Å². The van der Waals surface area contributed by atoms with Crippen molar-refractivity contribution in [3.8, 4) is 5.75 Å². The highest BCUT2D eigenvalue weighted by Gasteiger charge is 1.98. The Hall–Kier alpha value is -1.07. The van der Waals surface area contributed by atoms with Gasteiger partial charge in [0, 0.05) is 4.47 Å². The van der Waals surface area contributed by atoms with Gasteiger partial charge in [-0.1, -0.05) is 15.9 Å². The van der Waals surface area contributed by atoms with Gasteiger partial charge in [0.25, 0.3) is 5.91 Å². The minimum atomic E-state index is -0.358. The molecule has 0 aromatic heterocycles. The van der Waals surface area contributed by atoms with Crippen LogP contribution < -0.4 is 16.0 Å². The monoisotopic (exact) mass is 244 g/mol. The normalized spacial score (nSPS) is 9.38. The van der Waals surface area contributed by atoms with Crippen LogP contribution in [0.25, 0.3) is 0 Å². The average Bonchev–Trinajstić information content (AvgIpc) is 2.16. The molecule has 0 saturated heterocycles. The molecule has 13 heavy (non-hydrogen) atoms. The van der Waals surface area contributed by atoms with Gasteiger partial charge in [0.2, 0.25) is 0 Å². The first-order valence-electron chi connectivity index (χ1n) is 3.60. The minimum absolute atomic E-state index is 0.0713. The summed E-state index contributed by atoms with van der Waals surface area (Å²) in [4.78, 5) is 10.7. The third-order valence-electron chi connectivity index (χ3n) is 1.34. The fourth-order valence-electron chi connectivity index (χ4n) is 0.721. The number of halogens is 1. The van der Waals surface area contributed by atoms with Gasteiger partial charge in [0.1, 0.15) is 5.75 Å². The summed E-state index contributed by atoms with van der Waals surface area (Å²) in [6.45, 7) is -0.0713. The lowest BCUT2D eigenvalue weighted by atomic mass is 10.3. The zero-order valence-corrected chi connectivity index (χ0v) is 8.37. The molecule has 3 N–H and O–H groups in total. The highest BCUT2D eigenvalue weighted by atomic mass is 79.9. The first-order valence-corrected chi connectivity index (χ1v) is 4.39. The van der Waals surface area contributed by atoms with Crippen molar-refractivity contribution in [2.24, 2.45) is 5.84 Å². The van der Waals surface area contributed by atoms with Gasteiger partial charge in [0.05, 0.1) is 0 Å². The summed E-state index contributed by atoms with van der Waals surface area (Å²) in [6.07, 6.45) is 0. The molecular weight excluding hydrogens is 236 g/mol. The zero-order chi connectivity index (χ0) is 9.68. The van der Waals surface area contributed by atoms with Crippen LogP contribution in [0.3, 0.4) is 0 Å². The maximum absolute atomic E-state index is 10.7. The number of benzene rings is 1. The predicted molar refractivity (Wildman–Crippen MR) is 52.0 cm³/mol. The molecule has 4 nitrogen and oxygen atoms in total. The van der Waals surface area contributed by atoms with E-state index in [4.69, 9.17) is 10.6 Å². The van der Waals surface area contributed by atoms with E-state index in [0.717, 1.165) is 4.47 Å². The topological polar surface area (TPSA) is 64.3 Å². The Labute approximate surface area is 84.2 Å². The van der Waals surface area contributed by atoms with Crippen molar-refractivity contribution in [2.45, 2.75) is 0 Å². The van der Waals surface area contributed by atoms with Crippen LogP contribution in [0.2, 0.25) is 0 Å². The molecule has 1 aromatic rings. The lowest BCUT2D eigenvalue weighted by Gasteiger charge is -2.04. The number of rotatable bonds is 3. The Bertz CT molecular complexity index is 287. The fraction of sp³-hybridized carbons (Fsp3) is 0.125. The van der Waals surface area contributed by atoms with Crippen molar-refractivity contribution >= 4 is 21.8 Å². The molecule has 0 heterocycles. The van der Waals surface area contributed by atoms with Gasteiger partial charge < -0.3 is 4.74 Å². The predicted octanol–water partition coefficient (Wildman–Crippen LogP) is 0.818. The number of carbonyl (C=O) groups excluding carboxylic acids is 1. The second kappa shape index (κ2) is 4.84. The Balaban J connectivity index is 2.46. The number of nitrogens with one attached hydrogen (secondary N) is 1. The van der Waals surface area contributed by atoms with Crippen LogP contribution >= 0.6 is 15.9 Å². The van der Waals surface area contributed by atoms with Gasteiger partial charge in [-0.3, -0.25) is 10.2 Å². The van der Waals surface area contributed by atoms with Crippen LogP contribution in [-0.4, -0.2) is 12.5 Å². The summed E-state index contributed by atoms with van der Waals surface area (Å²) in [5.74, 6) is 5.15. The van der Waals surface area contributed by atoms with Gasteiger partial charge in [0.15, 0.2) is 6.61 Å². The second-order valence-corrected chi connectivity index (χ2v) is 3.23. The molecule has 0 bridgehead atoms. The molecule has 0 aliphatic carbocycles. The number of ether oxygens (including phenoxy) is 1. The highest BCUT2D eigenvalue weighted by molar-refractivity contribution is 9.10. The summed E-state index contributed by atoms with van der Waals surface area (Å²) >= 11 is 3.28. The average molecular weight is 245 g/mol. The molecule has 0 radical (unpaired) electrons. The van der Waals surface area contributed by atoms with E-state index in [1.54, 1.807) is 12.1 Å². The van der Waals surface area contributed by atoms with Crippen molar-refractivity contribution in [2.75, 3.05) is 6.61 Å². The second-order valence-electron chi connectivity index (χ2n) is 2.31. The number of hydrazine groups is 1. The molecule has 1 amide bonds. The van der Waals surface area contributed by atoms with Crippen molar-refractivity contribution in [3.63, 3.8) is 0 Å². The van der Waals surface area contributed by atoms with Crippen LogP contribution in [-0.2, 0) is 4.79 Å². The number of hydrogen-bond acceptors (Lipinski definition) is 3. The molecule has 5 heteroatoms. The Morgan fingerprint density at radius 1 is 1.46 bits per heavy atom.